The Balaban J connectivity index is 2.42. The zero-order valence-electron chi connectivity index (χ0n) is 12.0. The summed E-state index contributed by atoms with van der Waals surface area (Å²) in [7, 11) is 1.76. The Morgan fingerprint density at radius 2 is 2.18 bits per heavy atom. The Kier molecular flexibility index (Phi) is 3.27. The molecule has 1 N–H and O–H groups in total. The van der Waals surface area contributed by atoms with E-state index in [1.165, 1.54) is 6.08 Å². The molecule has 0 aliphatic carbocycles. The van der Waals surface area contributed by atoms with E-state index in [-0.39, 0.29) is 24.1 Å². The Hall–Kier alpha value is -2.24. The summed E-state index contributed by atoms with van der Waals surface area (Å²) >= 11 is 0. The van der Waals surface area contributed by atoms with Crippen LogP contribution in [0.2, 0.25) is 0 Å². The molecule has 0 saturated carbocycles. The summed E-state index contributed by atoms with van der Waals surface area (Å²) in [5.74, 6) is -0.403. The topological polar surface area (TPSA) is 32.3 Å². The minimum absolute atomic E-state index is 0.0205. The first-order chi connectivity index (χ1) is 10.3. The van der Waals surface area contributed by atoms with Crippen LogP contribution in [0.3, 0.4) is 0 Å². The molecule has 0 saturated heterocycles. The molecule has 2 aliphatic rings. The Morgan fingerprint density at radius 3 is 2.82 bits per heavy atom. The number of carbonyl (C=O) groups is 1. The minimum atomic E-state index is -4.53. The molecule has 0 bridgehead atoms. The molecule has 116 valence electrons. The largest absolute Gasteiger partial charge is 0.418 e. The van der Waals surface area contributed by atoms with E-state index in [2.05, 4.69) is 11.9 Å². The smallest absolute Gasteiger partial charge is 0.370 e. The first-order valence-electron chi connectivity index (χ1n) is 6.92. The predicted molar refractivity (Wildman–Crippen MR) is 80.0 cm³/mol. The highest BCUT2D eigenvalue weighted by Gasteiger charge is 2.42. The summed E-state index contributed by atoms with van der Waals surface area (Å²) in [4.78, 5) is 13.5. The molecular weight excluding hydrogens is 293 g/mol. The molecule has 6 heteroatoms. The van der Waals surface area contributed by atoms with Crippen LogP contribution in [0, 0.1) is 0 Å². The van der Waals surface area contributed by atoms with Crippen LogP contribution in [0.5, 0.6) is 0 Å². The lowest BCUT2D eigenvalue weighted by molar-refractivity contribution is -0.137. The van der Waals surface area contributed by atoms with Crippen molar-refractivity contribution >= 4 is 23.4 Å². The molecule has 0 atom stereocenters. The Bertz CT molecular complexity index is 705. The van der Waals surface area contributed by atoms with Gasteiger partial charge in [0.05, 0.1) is 17.7 Å². The summed E-state index contributed by atoms with van der Waals surface area (Å²) < 4.78 is 40.9. The lowest BCUT2D eigenvalue weighted by Crippen LogP contribution is -2.25. The van der Waals surface area contributed by atoms with Crippen LogP contribution in [0.15, 0.2) is 18.7 Å². The number of fused-ring (bicyclic) bond motifs is 3. The summed E-state index contributed by atoms with van der Waals surface area (Å²) in [6.45, 7) is 4.11. The van der Waals surface area contributed by atoms with Crippen molar-refractivity contribution in [3.63, 3.8) is 0 Å². The zero-order valence-corrected chi connectivity index (χ0v) is 12.0. The molecule has 2 heterocycles. The van der Waals surface area contributed by atoms with Crippen molar-refractivity contribution in [1.29, 1.82) is 0 Å². The minimum Gasteiger partial charge on any atom is -0.370 e. The van der Waals surface area contributed by atoms with Crippen molar-refractivity contribution in [2.45, 2.75) is 19.0 Å². The number of anilines is 2. The first kappa shape index (κ1) is 14.7. The van der Waals surface area contributed by atoms with Gasteiger partial charge in [0.15, 0.2) is 0 Å². The maximum absolute atomic E-state index is 13.6. The monoisotopic (exact) mass is 308 g/mol. The number of halogens is 3. The number of nitrogens with one attached hydrogen (secondary N) is 1. The van der Waals surface area contributed by atoms with Crippen LogP contribution < -0.4 is 10.2 Å². The summed E-state index contributed by atoms with van der Waals surface area (Å²) in [5, 5.41) is 2.39. The number of rotatable bonds is 2. The maximum Gasteiger partial charge on any atom is 0.418 e. The SMILES string of the molecule is C=CCc1c2c(c3c(c1C(F)(F)F)NC(=O)C3)C=CCN2C. The Labute approximate surface area is 126 Å². The molecule has 1 aromatic rings. The normalized spacial score (nSPS) is 16.4. The number of hydrogen-bond acceptors (Lipinski definition) is 2. The third-order valence-electron chi connectivity index (χ3n) is 4.00. The number of hydrogen-bond donors (Lipinski definition) is 1. The third kappa shape index (κ3) is 2.10. The van der Waals surface area contributed by atoms with Gasteiger partial charge in [-0.25, -0.2) is 0 Å². The highest BCUT2D eigenvalue weighted by molar-refractivity contribution is 6.04. The average molecular weight is 308 g/mol. The average Bonchev–Trinajstić information content (AvgIpc) is 2.78. The van der Waals surface area contributed by atoms with Gasteiger partial charge in [0.25, 0.3) is 0 Å². The van der Waals surface area contributed by atoms with E-state index in [1.807, 2.05) is 6.08 Å². The van der Waals surface area contributed by atoms with Gasteiger partial charge >= 0.3 is 6.18 Å². The molecule has 0 radical (unpaired) electrons. The quantitative estimate of drug-likeness (QED) is 0.849. The molecule has 0 aromatic heterocycles. The van der Waals surface area contributed by atoms with Crippen LogP contribution in [-0.2, 0) is 23.8 Å². The van der Waals surface area contributed by atoms with Gasteiger partial charge < -0.3 is 10.2 Å². The molecule has 0 fully saturated rings. The zero-order chi connectivity index (χ0) is 16.1. The second kappa shape index (κ2) is 4.90. The Morgan fingerprint density at radius 1 is 1.45 bits per heavy atom. The van der Waals surface area contributed by atoms with Gasteiger partial charge in [0, 0.05) is 24.8 Å². The fraction of sp³-hybridized carbons (Fsp3) is 0.312. The van der Waals surface area contributed by atoms with E-state index >= 15 is 0 Å². The second-order valence-electron chi connectivity index (χ2n) is 5.47. The molecule has 2 aliphatic heterocycles. The molecule has 0 unspecified atom stereocenters. The van der Waals surface area contributed by atoms with Crippen molar-refractivity contribution in [3.8, 4) is 0 Å². The van der Waals surface area contributed by atoms with Crippen molar-refractivity contribution in [3.05, 3.63) is 41.0 Å². The molecule has 22 heavy (non-hydrogen) atoms. The van der Waals surface area contributed by atoms with Gasteiger partial charge in [-0.1, -0.05) is 18.2 Å². The molecule has 3 rings (SSSR count). The van der Waals surface area contributed by atoms with Crippen molar-refractivity contribution in [2.75, 3.05) is 23.8 Å². The number of amides is 1. The van der Waals surface area contributed by atoms with Gasteiger partial charge in [0.1, 0.15) is 0 Å². The number of nitrogens with zero attached hydrogens (tertiary/aromatic N) is 1. The van der Waals surface area contributed by atoms with Crippen LogP contribution >= 0.6 is 0 Å². The molecule has 1 aromatic carbocycles. The number of benzene rings is 1. The second-order valence-corrected chi connectivity index (χ2v) is 5.47. The van der Waals surface area contributed by atoms with E-state index in [0.717, 1.165) is 0 Å². The van der Waals surface area contributed by atoms with Crippen LogP contribution in [0.25, 0.3) is 6.08 Å². The van der Waals surface area contributed by atoms with Crippen molar-refractivity contribution < 1.29 is 18.0 Å². The van der Waals surface area contributed by atoms with Gasteiger partial charge in [0.2, 0.25) is 5.91 Å². The van der Waals surface area contributed by atoms with Crippen molar-refractivity contribution in [2.24, 2.45) is 0 Å². The first-order valence-corrected chi connectivity index (χ1v) is 6.92. The molecule has 1 amide bonds. The summed E-state index contributed by atoms with van der Waals surface area (Å²) in [6, 6.07) is 0. The van der Waals surface area contributed by atoms with Crippen LogP contribution in [-0.4, -0.2) is 19.5 Å². The van der Waals surface area contributed by atoms with Crippen LogP contribution in [0.1, 0.15) is 22.3 Å². The van der Waals surface area contributed by atoms with Gasteiger partial charge in [-0.15, -0.1) is 6.58 Å². The van der Waals surface area contributed by atoms with E-state index in [4.69, 9.17) is 0 Å². The molecule has 3 nitrogen and oxygen atoms in total. The van der Waals surface area contributed by atoms with E-state index in [9.17, 15) is 18.0 Å². The van der Waals surface area contributed by atoms with E-state index < -0.39 is 17.6 Å². The highest BCUT2D eigenvalue weighted by atomic mass is 19.4. The summed E-state index contributed by atoms with van der Waals surface area (Å²) in [5.41, 5.74) is 1.02. The lowest BCUT2D eigenvalue weighted by atomic mass is 9.89. The van der Waals surface area contributed by atoms with Crippen molar-refractivity contribution in [1.82, 2.24) is 0 Å². The number of alkyl halides is 3. The maximum atomic E-state index is 13.6. The molecular formula is C16H15F3N2O. The van der Waals surface area contributed by atoms with Crippen LogP contribution in [0.4, 0.5) is 24.5 Å². The highest BCUT2D eigenvalue weighted by Crippen LogP contribution is 2.48. The summed E-state index contributed by atoms with van der Waals surface area (Å²) in [6.07, 6.45) is 0.695. The molecule has 0 spiro atoms. The van der Waals surface area contributed by atoms with Gasteiger partial charge in [-0.2, -0.15) is 13.2 Å². The number of likely N-dealkylation sites (N-methyl/N-ethyl adjacent to an activating group) is 1. The fourth-order valence-electron chi connectivity index (χ4n) is 3.22. The lowest BCUT2D eigenvalue weighted by Gasteiger charge is -2.31. The number of allylic oxidation sites excluding steroid dienone is 1. The number of carbonyl (C=O) groups excluding carboxylic acids is 1. The predicted octanol–water partition coefficient (Wildman–Crippen LogP) is 3.39. The van der Waals surface area contributed by atoms with Gasteiger partial charge in [-0.05, 0) is 17.5 Å². The van der Waals surface area contributed by atoms with E-state index in [0.29, 0.717) is 23.4 Å². The van der Waals surface area contributed by atoms with E-state index in [1.54, 1.807) is 18.0 Å². The standard InChI is InChI=1S/C16H15F3N2O/c1-3-5-10-13(16(17,18)19)14-11(8-12(22)20-14)9-6-4-7-21(2)15(9)10/h3-4,6H,1,5,7-8H2,2H3,(H,20,22). The van der Waals surface area contributed by atoms with Gasteiger partial charge in [-0.3, -0.25) is 4.79 Å². The fourth-order valence-corrected chi connectivity index (χ4v) is 3.22. The third-order valence-corrected chi connectivity index (χ3v) is 4.00.